The average molecular weight is 485 g/mol. The molecule has 1 unspecified atom stereocenters. The summed E-state index contributed by atoms with van der Waals surface area (Å²) < 4.78 is 11.2. The van der Waals surface area contributed by atoms with Crippen molar-refractivity contribution in [3.63, 3.8) is 0 Å². The molecule has 0 rings (SSSR count). The van der Waals surface area contributed by atoms with Gasteiger partial charge in [-0.25, -0.2) is 0 Å². The van der Waals surface area contributed by atoms with E-state index in [1.54, 1.807) is 0 Å². The number of ether oxygens (including phenoxy) is 2. The molecule has 34 heavy (non-hydrogen) atoms. The van der Waals surface area contributed by atoms with Gasteiger partial charge in [0.15, 0.2) is 0 Å². The van der Waals surface area contributed by atoms with Gasteiger partial charge in [-0.1, -0.05) is 155 Å². The smallest absolute Gasteiger partial charge is 0.101 e. The van der Waals surface area contributed by atoms with E-state index in [2.05, 4.69) is 13.8 Å². The van der Waals surface area contributed by atoms with Gasteiger partial charge in [-0.05, 0) is 12.8 Å². The summed E-state index contributed by atoms with van der Waals surface area (Å²) >= 11 is 0. The van der Waals surface area contributed by atoms with Crippen molar-refractivity contribution in [1.82, 2.24) is 0 Å². The molecular weight excluding hydrogens is 420 g/mol. The molecular formula is C31H64O3. The van der Waals surface area contributed by atoms with Gasteiger partial charge >= 0.3 is 0 Å². The second-order valence-corrected chi connectivity index (χ2v) is 10.6. The van der Waals surface area contributed by atoms with Gasteiger partial charge in [0.2, 0.25) is 0 Å². The molecule has 0 aliphatic carbocycles. The lowest BCUT2D eigenvalue weighted by atomic mass is 10.0. The van der Waals surface area contributed by atoms with Crippen LogP contribution in [-0.4, -0.2) is 37.6 Å². The Morgan fingerprint density at radius 1 is 0.382 bits per heavy atom. The van der Waals surface area contributed by atoms with Gasteiger partial charge in [-0.15, -0.1) is 0 Å². The summed E-state index contributed by atoms with van der Waals surface area (Å²) in [6.07, 6.45) is 32.2. The summed E-state index contributed by atoms with van der Waals surface area (Å²) in [5, 5.41) is 9.98. The third-order valence-corrected chi connectivity index (χ3v) is 6.90. The van der Waals surface area contributed by atoms with E-state index in [-0.39, 0.29) is 0 Å². The average Bonchev–Trinajstić information content (AvgIpc) is 2.84. The first kappa shape index (κ1) is 33.9. The molecule has 0 aromatic heterocycles. The van der Waals surface area contributed by atoms with E-state index >= 15 is 0 Å². The molecule has 0 aromatic rings. The molecule has 0 saturated heterocycles. The Bertz CT molecular complexity index is 348. The summed E-state index contributed by atoms with van der Waals surface area (Å²) in [7, 11) is 0. The van der Waals surface area contributed by atoms with Crippen molar-refractivity contribution < 1.29 is 14.6 Å². The van der Waals surface area contributed by atoms with Crippen LogP contribution in [0.3, 0.4) is 0 Å². The number of aliphatic hydroxyl groups is 1. The van der Waals surface area contributed by atoms with Crippen molar-refractivity contribution in [3.8, 4) is 0 Å². The summed E-state index contributed by atoms with van der Waals surface area (Å²) in [5.74, 6) is 0. The van der Waals surface area contributed by atoms with Crippen LogP contribution in [0.25, 0.3) is 0 Å². The van der Waals surface area contributed by atoms with Gasteiger partial charge in [0.05, 0.1) is 13.2 Å². The van der Waals surface area contributed by atoms with Crippen LogP contribution >= 0.6 is 0 Å². The molecule has 0 radical (unpaired) electrons. The molecule has 206 valence electrons. The Morgan fingerprint density at radius 2 is 0.618 bits per heavy atom. The normalized spacial score (nSPS) is 12.4. The van der Waals surface area contributed by atoms with E-state index < -0.39 is 6.10 Å². The van der Waals surface area contributed by atoms with Crippen LogP contribution in [0, 0.1) is 0 Å². The Kier molecular flexibility index (Phi) is 30.8. The zero-order chi connectivity index (χ0) is 24.8. The van der Waals surface area contributed by atoms with Crippen LogP contribution in [-0.2, 0) is 9.47 Å². The maximum atomic E-state index is 9.98. The number of hydrogen-bond donors (Lipinski definition) is 1. The van der Waals surface area contributed by atoms with Crippen LogP contribution < -0.4 is 0 Å². The maximum absolute atomic E-state index is 9.98. The van der Waals surface area contributed by atoms with Crippen molar-refractivity contribution in [1.29, 1.82) is 0 Å². The topological polar surface area (TPSA) is 38.7 Å². The first-order valence-electron chi connectivity index (χ1n) is 15.6. The fourth-order valence-electron chi connectivity index (χ4n) is 4.58. The minimum absolute atomic E-state index is 0.413. The highest BCUT2D eigenvalue weighted by molar-refractivity contribution is 4.53. The molecule has 0 spiro atoms. The van der Waals surface area contributed by atoms with Crippen molar-refractivity contribution in [2.24, 2.45) is 0 Å². The fraction of sp³-hybridized carbons (Fsp3) is 1.00. The highest BCUT2D eigenvalue weighted by Gasteiger charge is 2.04. The summed E-state index contributed by atoms with van der Waals surface area (Å²) in [5.41, 5.74) is 0. The van der Waals surface area contributed by atoms with Crippen LogP contribution in [0.1, 0.15) is 168 Å². The molecule has 1 N–H and O–H groups in total. The van der Waals surface area contributed by atoms with E-state index in [4.69, 9.17) is 9.47 Å². The summed E-state index contributed by atoms with van der Waals surface area (Å²) in [4.78, 5) is 0. The highest BCUT2D eigenvalue weighted by atomic mass is 16.5. The Balaban J connectivity index is 3.13. The van der Waals surface area contributed by atoms with Crippen molar-refractivity contribution in [3.05, 3.63) is 0 Å². The van der Waals surface area contributed by atoms with E-state index in [1.807, 2.05) is 0 Å². The largest absolute Gasteiger partial charge is 0.388 e. The van der Waals surface area contributed by atoms with Gasteiger partial charge < -0.3 is 14.6 Å². The van der Waals surface area contributed by atoms with Gasteiger partial charge in [0, 0.05) is 13.2 Å². The van der Waals surface area contributed by atoms with Gasteiger partial charge in [-0.2, -0.15) is 0 Å². The van der Waals surface area contributed by atoms with Gasteiger partial charge in [-0.3, -0.25) is 0 Å². The Morgan fingerprint density at radius 3 is 0.882 bits per heavy atom. The third kappa shape index (κ3) is 29.9. The Hall–Kier alpha value is -0.120. The van der Waals surface area contributed by atoms with E-state index in [1.165, 1.54) is 141 Å². The van der Waals surface area contributed by atoms with Crippen LogP contribution in [0.2, 0.25) is 0 Å². The van der Waals surface area contributed by atoms with Gasteiger partial charge in [0.25, 0.3) is 0 Å². The van der Waals surface area contributed by atoms with E-state index in [0.29, 0.717) is 13.2 Å². The number of rotatable bonds is 30. The lowest BCUT2D eigenvalue weighted by Gasteiger charge is -2.12. The molecule has 3 heteroatoms. The molecule has 1 atom stereocenters. The van der Waals surface area contributed by atoms with Crippen molar-refractivity contribution >= 4 is 0 Å². The quantitative estimate of drug-likeness (QED) is 0.103. The van der Waals surface area contributed by atoms with Crippen LogP contribution in [0.15, 0.2) is 0 Å². The first-order valence-corrected chi connectivity index (χ1v) is 15.6. The van der Waals surface area contributed by atoms with E-state index in [9.17, 15) is 5.11 Å². The predicted molar refractivity (Wildman–Crippen MR) is 150 cm³/mol. The number of hydrogen-bond acceptors (Lipinski definition) is 3. The van der Waals surface area contributed by atoms with Crippen LogP contribution in [0.5, 0.6) is 0 Å². The monoisotopic (exact) mass is 484 g/mol. The second kappa shape index (κ2) is 30.9. The molecule has 0 amide bonds. The molecule has 0 aliphatic rings. The molecule has 0 fully saturated rings. The molecule has 0 bridgehead atoms. The standard InChI is InChI=1S/C31H64O3/c1-3-5-7-9-11-13-15-16-17-18-20-22-24-26-28-34-30-31(32)29-33-27-25-23-21-19-14-12-10-8-6-4-2/h31-32H,3-30H2,1-2H3. The second-order valence-electron chi connectivity index (χ2n) is 10.6. The number of unbranched alkanes of at least 4 members (excludes halogenated alkanes) is 22. The minimum Gasteiger partial charge on any atom is -0.388 e. The minimum atomic E-state index is -0.477. The lowest BCUT2D eigenvalue weighted by Crippen LogP contribution is -2.22. The van der Waals surface area contributed by atoms with Gasteiger partial charge in [0.1, 0.15) is 6.10 Å². The third-order valence-electron chi connectivity index (χ3n) is 6.90. The molecule has 0 aliphatic heterocycles. The van der Waals surface area contributed by atoms with Crippen molar-refractivity contribution in [2.75, 3.05) is 26.4 Å². The lowest BCUT2D eigenvalue weighted by molar-refractivity contribution is -0.0201. The summed E-state index contributed by atoms with van der Waals surface area (Å²) in [6.45, 7) is 6.93. The Labute approximate surface area is 215 Å². The fourth-order valence-corrected chi connectivity index (χ4v) is 4.58. The molecule has 0 heterocycles. The van der Waals surface area contributed by atoms with E-state index in [0.717, 1.165) is 26.1 Å². The maximum Gasteiger partial charge on any atom is 0.101 e. The molecule has 0 aromatic carbocycles. The zero-order valence-electron chi connectivity index (χ0n) is 23.6. The highest BCUT2D eigenvalue weighted by Crippen LogP contribution is 2.13. The predicted octanol–water partition coefficient (Wildman–Crippen LogP) is 9.78. The first-order chi connectivity index (χ1) is 16.8. The van der Waals surface area contributed by atoms with Crippen molar-refractivity contribution in [2.45, 2.75) is 174 Å². The molecule has 3 nitrogen and oxygen atoms in total. The zero-order valence-corrected chi connectivity index (χ0v) is 23.6. The molecule has 0 saturated carbocycles. The SMILES string of the molecule is CCCCCCCCCCCCCCCCOCC(O)COCCCCCCCCCCCC. The van der Waals surface area contributed by atoms with Crippen LogP contribution in [0.4, 0.5) is 0 Å². The number of aliphatic hydroxyl groups excluding tert-OH is 1. The summed E-state index contributed by atoms with van der Waals surface area (Å²) in [6, 6.07) is 0.